The van der Waals surface area contributed by atoms with Crippen molar-refractivity contribution < 1.29 is 4.79 Å². The number of nitrogens with two attached hydrogens (primary N) is 1. The summed E-state index contributed by atoms with van der Waals surface area (Å²) in [6.07, 6.45) is 0.206. The number of aromatic nitrogens is 3. The number of rotatable bonds is 5. The number of nitrogens with one attached hydrogen (secondary N) is 2. The van der Waals surface area contributed by atoms with Gasteiger partial charge in [-0.3, -0.25) is 14.7 Å². The molecule has 9 heteroatoms. The Labute approximate surface area is 169 Å². The number of fused-ring (bicyclic) bond motifs is 1. The number of hydrogen-bond acceptors (Lipinski definition) is 4. The fourth-order valence-corrected chi connectivity index (χ4v) is 2.89. The van der Waals surface area contributed by atoms with Crippen molar-refractivity contribution in [2.75, 3.05) is 0 Å². The predicted octanol–water partition coefficient (Wildman–Crippen LogP) is 2.19. The molecule has 0 bridgehead atoms. The number of amides is 1. The topological polar surface area (TPSA) is 105 Å². The average molecular weight is 412 g/mol. The number of halogens is 2. The van der Waals surface area contributed by atoms with Crippen LogP contribution in [-0.2, 0) is 11.3 Å². The molecular weight excluding hydrogens is 389 g/mol. The van der Waals surface area contributed by atoms with E-state index in [0.29, 0.717) is 12.2 Å². The van der Waals surface area contributed by atoms with Gasteiger partial charge in [-0.15, -0.1) is 24.8 Å². The standard InChI is InChI=1S/C18H21N5O2.2ClH/c1-11-14(12(2)23-16(21-11)9-18(25)22-23)10-20-17(24)8-15(19)13-6-4-3-5-7-13;;/h3-7,9,15H,8,10,19H2,1-2H3,(H,20,24)(H,22,25);2*1H. The second-order valence-corrected chi connectivity index (χ2v) is 6.07. The number of benzene rings is 1. The molecule has 2 aromatic heterocycles. The lowest BCUT2D eigenvalue weighted by atomic mass is 10.0. The summed E-state index contributed by atoms with van der Waals surface area (Å²) < 4.78 is 1.63. The third-order valence-corrected chi connectivity index (χ3v) is 4.30. The van der Waals surface area contributed by atoms with Gasteiger partial charge in [-0.25, -0.2) is 9.50 Å². The average Bonchev–Trinajstić information content (AvgIpc) is 2.96. The van der Waals surface area contributed by atoms with Crippen molar-refractivity contribution >= 4 is 36.4 Å². The Morgan fingerprint density at radius 1 is 1.26 bits per heavy atom. The van der Waals surface area contributed by atoms with Crippen LogP contribution >= 0.6 is 24.8 Å². The summed E-state index contributed by atoms with van der Waals surface area (Å²) in [6.45, 7) is 4.08. The summed E-state index contributed by atoms with van der Waals surface area (Å²) in [4.78, 5) is 28.1. The molecule has 1 unspecified atom stereocenters. The first-order valence-electron chi connectivity index (χ1n) is 8.11. The van der Waals surface area contributed by atoms with Gasteiger partial charge in [0.1, 0.15) is 0 Å². The normalized spacial score (nSPS) is 11.4. The van der Waals surface area contributed by atoms with Crippen molar-refractivity contribution in [3.05, 3.63) is 69.3 Å². The molecule has 2 heterocycles. The molecule has 3 aromatic rings. The van der Waals surface area contributed by atoms with Gasteiger partial charge in [0, 0.05) is 42.0 Å². The maximum Gasteiger partial charge on any atom is 0.266 e. The zero-order valence-electron chi connectivity index (χ0n) is 15.1. The molecular formula is C18H23Cl2N5O2. The molecule has 7 nitrogen and oxygen atoms in total. The smallest absolute Gasteiger partial charge is 0.266 e. The lowest BCUT2D eigenvalue weighted by Gasteiger charge is -2.14. The van der Waals surface area contributed by atoms with Crippen LogP contribution in [0.3, 0.4) is 0 Å². The Hall–Kier alpha value is -2.35. The Bertz CT molecular complexity index is 969. The maximum absolute atomic E-state index is 12.2. The number of H-pyrrole nitrogens is 1. The van der Waals surface area contributed by atoms with E-state index in [9.17, 15) is 9.59 Å². The van der Waals surface area contributed by atoms with E-state index in [1.165, 1.54) is 6.07 Å². The Balaban J connectivity index is 0.00000182. The molecule has 1 atom stereocenters. The van der Waals surface area contributed by atoms with Crippen LogP contribution < -0.4 is 16.6 Å². The number of aryl methyl sites for hydroxylation is 2. The van der Waals surface area contributed by atoms with E-state index < -0.39 is 0 Å². The fraction of sp³-hybridized carbons (Fsp3) is 0.278. The van der Waals surface area contributed by atoms with Gasteiger partial charge in [0.2, 0.25) is 5.91 Å². The SMILES string of the molecule is Cc1nc2cc(=O)[nH]n2c(C)c1CNC(=O)CC(N)c1ccccc1.Cl.Cl. The minimum Gasteiger partial charge on any atom is -0.352 e. The van der Waals surface area contributed by atoms with Gasteiger partial charge >= 0.3 is 0 Å². The fourth-order valence-electron chi connectivity index (χ4n) is 2.89. The van der Waals surface area contributed by atoms with E-state index in [-0.39, 0.29) is 48.7 Å². The van der Waals surface area contributed by atoms with Crippen molar-refractivity contribution in [2.24, 2.45) is 5.73 Å². The lowest BCUT2D eigenvalue weighted by molar-refractivity contribution is -0.121. The number of hydrogen-bond donors (Lipinski definition) is 3. The minimum absolute atomic E-state index is 0. The van der Waals surface area contributed by atoms with Crippen molar-refractivity contribution in [2.45, 2.75) is 32.9 Å². The lowest BCUT2D eigenvalue weighted by Crippen LogP contribution is -2.28. The summed E-state index contributed by atoms with van der Waals surface area (Å²) in [5.41, 5.74) is 9.88. The van der Waals surface area contributed by atoms with Crippen molar-refractivity contribution in [1.82, 2.24) is 19.9 Å². The van der Waals surface area contributed by atoms with Gasteiger partial charge in [0.25, 0.3) is 5.56 Å². The first-order valence-corrected chi connectivity index (χ1v) is 8.11. The van der Waals surface area contributed by atoms with Crippen LogP contribution in [0.4, 0.5) is 0 Å². The molecule has 146 valence electrons. The Kier molecular flexibility index (Phi) is 8.02. The van der Waals surface area contributed by atoms with E-state index in [0.717, 1.165) is 22.5 Å². The molecule has 3 rings (SSSR count). The number of nitrogens with zero attached hydrogens (tertiary/aromatic N) is 2. The molecule has 0 fully saturated rings. The minimum atomic E-state index is -0.343. The molecule has 1 amide bonds. The van der Waals surface area contributed by atoms with Crippen LogP contribution in [0.1, 0.15) is 35.0 Å². The quantitative estimate of drug-likeness (QED) is 0.597. The molecule has 1 aromatic carbocycles. The molecule has 0 aliphatic carbocycles. The first kappa shape index (κ1) is 22.7. The Morgan fingerprint density at radius 3 is 2.59 bits per heavy atom. The number of aromatic amines is 1. The number of carbonyl (C=O) groups is 1. The zero-order valence-corrected chi connectivity index (χ0v) is 16.7. The monoisotopic (exact) mass is 411 g/mol. The van der Waals surface area contributed by atoms with Gasteiger partial charge < -0.3 is 11.1 Å². The molecule has 4 N–H and O–H groups in total. The van der Waals surface area contributed by atoms with E-state index in [1.807, 2.05) is 44.2 Å². The third kappa shape index (κ3) is 5.09. The van der Waals surface area contributed by atoms with Crippen LogP contribution in [0.25, 0.3) is 5.65 Å². The van der Waals surface area contributed by atoms with Crippen molar-refractivity contribution in [3.8, 4) is 0 Å². The van der Waals surface area contributed by atoms with Crippen LogP contribution in [0.15, 0.2) is 41.2 Å². The third-order valence-electron chi connectivity index (χ3n) is 4.30. The molecule has 0 aliphatic heterocycles. The molecule has 0 spiro atoms. The van der Waals surface area contributed by atoms with E-state index in [1.54, 1.807) is 4.52 Å². The second-order valence-electron chi connectivity index (χ2n) is 6.07. The van der Waals surface area contributed by atoms with Gasteiger partial charge in [0.15, 0.2) is 5.65 Å². The maximum atomic E-state index is 12.2. The number of carbonyl (C=O) groups excluding carboxylic acids is 1. The highest BCUT2D eigenvalue weighted by Gasteiger charge is 2.14. The van der Waals surface area contributed by atoms with Gasteiger partial charge in [0.05, 0.1) is 0 Å². The van der Waals surface area contributed by atoms with Gasteiger partial charge in [-0.05, 0) is 19.4 Å². The largest absolute Gasteiger partial charge is 0.352 e. The summed E-state index contributed by atoms with van der Waals surface area (Å²) in [7, 11) is 0. The van der Waals surface area contributed by atoms with Crippen LogP contribution in [-0.4, -0.2) is 20.5 Å². The highest BCUT2D eigenvalue weighted by Crippen LogP contribution is 2.15. The summed E-state index contributed by atoms with van der Waals surface area (Å²) in [5.74, 6) is -0.128. The van der Waals surface area contributed by atoms with Crippen LogP contribution in [0.5, 0.6) is 0 Å². The summed E-state index contributed by atoms with van der Waals surface area (Å²) in [5, 5.41) is 5.59. The molecule has 0 saturated carbocycles. The highest BCUT2D eigenvalue weighted by atomic mass is 35.5. The highest BCUT2D eigenvalue weighted by molar-refractivity contribution is 5.85. The van der Waals surface area contributed by atoms with Crippen molar-refractivity contribution in [3.63, 3.8) is 0 Å². The zero-order chi connectivity index (χ0) is 18.0. The van der Waals surface area contributed by atoms with Gasteiger partial charge in [-0.2, -0.15) is 0 Å². The van der Waals surface area contributed by atoms with E-state index in [4.69, 9.17) is 5.73 Å². The predicted molar refractivity (Wildman–Crippen MR) is 110 cm³/mol. The molecule has 0 saturated heterocycles. The van der Waals surface area contributed by atoms with Crippen molar-refractivity contribution in [1.29, 1.82) is 0 Å². The van der Waals surface area contributed by atoms with E-state index in [2.05, 4.69) is 15.4 Å². The first-order chi connectivity index (χ1) is 12.0. The second kappa shape index (κ2) is 9.55. The molecule has 0 aliphatic rings. The summed E-state index contributed by atoms with van der Waals surface area (Å²) in [6, 6.07) is 10.6. The van der Waals surface area contributed by atoms with Crippen LogP contribution in [0, 0.1) is 13.8 Å². The molecule has 0 radical (unpaired) electrons. The molecule has 27 heavy (non-hydrogen) atoms. The van der Waals surface area contributed by atoms with Gasteiger partial charge in [-0.1, -0.05) is 30.3 Å². The van der Waals surface area contributed by atoms with E-state index >= 15 is 0 Å². The van der Waals surface area contributed by atoms with Crippen LogP contribution in [0.2, 0.25) is 0 Å². The Morgan fingerprint density at radius 2 is 1.93 bits per heavy atom. The summed E-state index contributed by atoms with van der Waals surface area (Å²) >= 11 is 0.